The number of methoxy groups -OCH3 is 1. The molecule has 1 aliphatic heterocycles. The maximum absolute atomic E-state index is 9.48. The summed E-state index contributed by atoms with van der Waals surface area (Å²) in [6, 6.07) is 5.08. The molecule has 2 unspecified atom stereocenters. The third kappa shape index (κ3) is 1.99. The van der Waals surface area contributed by atoms with Crippen molar-refractivity contribution in [3.63, 3.8) is 0 Å². The van der Waals surface area contributed by atoms with E-state index in [4.69, 9.17) is 14.2 Å². The van der Waals surface area contributed by atoms with E-state index in [1.807, 2.05) is 13.8 Å². The van der Waals surface area contributed by atoms with Crippen molar-refractivity contribution in [2.24, 2.45) is 0 Å². The van der Waals surface area contributed by atoms with E-state index in [0.717, 1.165) is 5.56 Å². The molecule has 1 N–H and O–H groups in total. The van der Waals surface area contributed by atoms with Crippen LogP contribution in [0, 0.1) is 0 Å². The fourth-order valence-electron chi connectivity index (χ4n) is 1.64. The number of rotatable bonds is 2. The highest BCUT2D eigenvalue weighted by molar-refractivity contribution is 5.42. The van der Waals surface area contributed by atoms with Crippen LogP contribution in [0.15, 0.2) is 18.2 Å². The lowest BCUT2D eigenvalue weighted by atomic mass is 10.2. The highest BCUT2D eigenvalue weighted by atomic mass is 16.7. The molecule has 0 bridgehead atoms. The number of hydrogen-bond donors (Lipinski definition) is 1. The van der Waals surface area contributed by atoms with Crippen molar-refractivity contribution in [3.8, 4) is 11.5 Å². The van der Waals surface area contributed by atoms with Gasteiger partial charge in [0.1, 0.15) is 0 Å². The van der Waals surface area contributed by atoms with Gasteiger partial charge < -0.3 is 19.3 Å². The molecule has 4 nitrogen and oxygen atoms in total. The molecule has 2 rings (SSSR count). The second kappa shape index (κ2) is 4.31. The van der Waals surface area contributed by atoms with Gasteiger partial charge in [-0.1, -0.05) is 6.07 Å². The summed E-state index contributed by atoms with van der Waals surface area (Å²) in [5, 5.41) is 9.48. The molecule has 4 heteroatoms. The first-order chi connectivity index (χ1) is 7.61. The number of aromatic hydroxyl groups is 1. The molecule has 1 aliphatic rings. The Bertz CT molecular complexity index is 367. The third-order valence-electron chi connectivity index (χ3n) is 2.81. The van der Waals surface area contributed by atoms with Gasteiger partial charge in [-0.15, -0.1) is 0 Å². The number of phenolic OH excluding ortho intramolecular Hbond substituents is 1. The predicted octanol–water partition coefficient (Wildman–Crippen LogP) is 2.22. The van der Waals surface area contributed by atoms with Gasteiger partial charge in [0.15, 0.2) is 17.8 Å². The minimum absolute atomic E-state index is 0.0739. The van der Waals surface area contributed by atoms with Gasteiger partial charge in [-0.05, 0) is 26.0 Å². The smallest absolute Gasteiger partial charge is 0.184 e. The van der Waals surface area contributed by atoms with Gasteiger partial charge in [0.05, 0.1) is 19.3 Å². The minimum Gasteiger partial charge on any atom is -0.504 e. The lowest BCUT2D eigenvalue weighted by Crippen LogP contribution is -2.13. The van der Waals surface area contributed by atoms with Crippen LogP contribution in [-0.4, -0.2) is 24.4 Å². The molecule has 88 valence electrons. The van der Waals surface area contributed by atoms with Gasteiger partial charge in [-0.25, -0.2) is 0 Å². The molecular formula is C12H16O4. The summed E-state index contributed by atoms with van der Waals surface area (Å²) >= 11 is 0. The van der Waals surface area contributed by atoms with Gasteiger partial charge in [0, 0.05) is 5.56 Å². The maximum Gasteiger partial charge on any atom is 0.184 e. The topological polar surface area (TPSA) is 47.9 Å². The van der Waals surface area contributed by atoms with Crippen LogP contribution < -0.4 is 4.74 Å². The van der Waals surface area contributed by atoms with Crippen molar-refractivity contribution in [3.05, 3.63) is 23.8 Å². The fourth-order valence-corrected chi connectivity index (χ4v) is 1.64. The molecule has 16 heavy (non-hydrogen) atoms. The van der Waals surface area contributed by atoms with E-state index in [2.05, 4.69) is 0 Å². The average Bonchev–Trinajstić information content (AvgIpc) is 2.60. The van der Waals surface area contributed by atoms with E-state index in [0.29, 0.717) is 5.75 Å². The van der Waals surface area contributed by atoms with E-state index in [1.54, 1.807) is 18.2 Å². The predicted molar refractivity (Wildman–Crippen MR) is 58.5 cm³/mol. The molecular weight excluding hydrogens is 208 g/mol. The zero-order chi connectivity index (χ0) is 11.7. The molecule has 0 amide bonds. The van der Waals surface area contributed by atoms with Crippen LogP contribution in [0.3, 0.4) is 0 Å². The Morgan fingerprint density at radius 3 is 2.38 bits per heavy atom. The molecule has 1 aromatic carbocycles. The lowest BCUT2D eigenvalue weighted by Gasteiger charge is -2.12. The summed E-state index contributed by atoms with van der Waals surface area (Å²) in [5.41, 5.74) is 0.853. The molecule has 0 radical (unpaired) electrons. The molecule has 1 aromatic rings. The summed E-state index contributed by atoms with van der Waals surface area (Å²) in [6.45, 7) is 3.95. The Balaban J connectivity index is 2.22. The van der Waals surface area contributed by atoms with Crippen molar-refractivity contribution in [1.82, 2.24) is 0 Å². The molecule has 0 spiro atoms. The molecule has 1 saturated heterocycles. The minimum atomic E-state index is -0.375. The van der Waals surface area contributed by atoms with E-state index < -0.39 is 0 Å². The second-order valence-corrected chi connectivity index (χ2v) is 3.95. The third-order valence-corrected chi connectivity index (χ3v) is 2.81. The van der Waals surface area contributed by atoms with E-state index >= 15 is 0 Å². The molecule has 2 atom stereocenters. The Labute approximate surface area is 94.8 Å². The SMILES string of the molecule is COc1cc(C2OC(C)C(C)O2)ccc1O. The zero-order valence-corrected chi connectivity index (χ0v) is 9.64. The Hall–Kier alpha value is -1.26. The van der Waals surface area contributed by atoms with Crippen LogP contribution in [0.5, 0.6) is 11.5 Å². The van der Waals surface area contributed by atoms with E-state index in [1.165, 1.54) is 7.11 Å². The van der Waals surface area contributed by atoms with E-state index in [9.17, 15) is 5.11 Å². The number of phenols is 1. The van der Waals surface area contributed by atoms with Crippen molar-refractivity contribution >= 4 is 0 Å². The molecule has 0 aliphatic carbocycles. The van der Waals surface area contributed by atoms with E-state index in [-0.39, 0.29) is 24.2 Å². The first-order valence-corrected chi connectivity index (χ1v) is 5.29. The summed E-state index contributed by atoms with van der Waals surface area (Å²) in [4.78, 5) is 0. The molecule has 0 saturated carbocycles. The van der Waals surface area contributed by atoms with Gasteiger partial charge in [-0.2, -0.15) is 0 Å². The van der Waals surface area contributed by atoms with Crippen molar-refractivity contribution in [1.29, 1.82) is 0 Å². The van der Waals surface area contributed by atoms with Gasteiger partial charge >= 0.3 is 0 Å². The molecule has 1 fully saturated rings. The average molecular weight is 224 g/mol. The first-order valence-electron chi connectivity index (χ1n) is 5.29. The van der Waals surface area contributed by atoms with Crippen LogP contribution in [-0.2, 0) is 9.47 Å². The standard InChI is InChI=1S/C12H16O4/c1-7-8(2)16-12(15-7)9-4-5-10(13)11(6-9)14-3/h4-8,12-13H,1-3H3. The van der Waals surface area contributed by atoms with Crippen molar-refractivity contribution in [2.45, 2.75) is 32.3 Å². The van der Waals surface area contributed by atoms with Crippen LogP contribution >= 0.6 is 0 Å². The van der Waals surface area contributed by atoms with Crippen molar-refractivity contribution in [2.75, 3.05) is 7.11 Å². The van der Waals surface area contributed by atoms with Gasteiger partial charge in [-0.3, -0.25) is 0 Å². The molecule has 0 aromatic heterocycles. The summed E-state index contributed by atoms with van der Waals surface area (Å²) in [7, 11) is 1.51. The number of benzene rings is 1. The Morgan fingerprint density at radius 2 is 1.81 bits per heavy atom. The lowest BCUT2D eigenvalue weighted by molar-refractivity contribution is -0.0653. The summed E-state index contributed by atoms with van der Waals surface area (Å²) in [6.07, 6.45) is -0.228. The fraction of sp³-hybridized carbons (Fsp3) is 0.500. The largest absolute Gasteiger partial charge is 0.504 e. The summed E-state index contributed by atoms with van der Waals surface area (Å²) < 4.78 is 16.3. The summed E-state index contributed by atoms with van der Waals surface area (Å²) in [5.74, 6) is 0.544. The maximum atomic E-state index is 9.48. The van der Waals surface area contributed by atoms with Crippen LogP contribution in [0.2, 0.25) is 0 Å². The van der Waals surface area contributed by atoms with Crippen LogP contribution in [0.25, 0.3) is 0 Å². The van der Waals surface area contributed by atoms with Crippen LogP contribution in [0.4, 0.5) is 0 Å². The monoisotopic (exact) mass is 224 g/mol. The zero-order valence-electron chi connectivity index (χ0n) is 9.64. The number of ether oxygens (including phenoxy) is 3. The number of hydrogen-bond acceptors (Lipinski definition) is 4. The second-order valence-electron chi connectivity index (χ2n) is 3.95. The van der Waals surface area contributed by atoms with Crippen LogP contribution in [0.1, 0.15) is 25.7 Å². The highest BCUT2D eigenvalue weighted by Crippen LogP contribution is 2.35. The van der Waals surface area contributed by atoms with Gasteiger partial charge in [0.2, 0.25) is 0 Å². The quantitative estimate of drug-likeness (QED) is 0.836. The normalized spacial score (nSPS) is 29.3. The van der Waals surface area contributed by atoms with Gasteiger partial charge in [0.25, 0.3) is 0 Å². The Kier molecular flexibility index (Phi) is 3.03. The van der Waals surface area contributed by atoms with Crippen molar-refractivity contribution < 1.29 is 19.3 Å². The first kappa shape index (κ1) is 11.2. The highest BCUT2D eigenvalue weighted by Gasteiger charge is 2.31. The Morgan fingerprint density at radius 1 is 1.19 bits per heavy atom. The molecule has 1 heterocycles.